The normalized spacial score (nSPS) is 14.7. The quantitative estimate of drug-likeness (QED) is 0.874. The van der Waals surface area contributed by atoms with Crippen molar-refractivity contribution in [1.82, 2.24) is 10.0 Å². The van der Waals surface area contributed by atoms with Gasteiger partial charge in [-0.2, -0.15) is 0 Å². The smallest absolute Gasteiger partial charge is 0.241 e. The van der Waals surface area contributed by atoms with E-state index in [1.165, 1.54) is 11.3 Å². The second-order valence-electron chi connectivity index (χ2n) is 5.49. The molecule has 4 nitrogen and oxygen atoms in total. The molecule has 0 saturated heterocycles. The number of nitrogens with one attached hydrogen (secondary N) is 2. The molecule has 0 fully saturated rings. The molecule has 0 amide bonds. The lowest BCUT2D eigenvalue weighted by atomic mass is 9.89. The van der Waals surface area contributed by atoms with Crippen LogP contribution in [0.5, 0.6) is 0 Å². The second-order valence-corrected chi connectivity index (χ2v) is 8.20. The maximum Gasteiger partial charge on any atom is 0.241 e. The first kappa shape index (κ1) is 15.6. The summed E-state index contributed by atoms with van der Waals surface area (Å²) in [5.41, 5.74) is -0.100. The molecular weight excluding hydrogens is 268 g/mol. The van der Waals surface area contributed by atoms with E-state index in [9.17, 15) is 8.42 Å². The Morgan fingerprint density at radius 1 is 1.39 bits per heavy atom. The Labute approximate surface area is 114 Å². The van der Waals surface area contributed by atoms with Crippen molar-refractivity contribution in [2.45, 2.75) is 45.2 Å². The fraction of sp³-hybridized carbons (Fsp3) is 0.667. The van der Waals surface area contributed by atoms with Gasteiger partial charge >= 0.3 is 0 Å². The van der Waals surface area contributed by atoms with Crippen LogP contribution in [0.4, 0.5) is 0 Å². The highest BCUT2D eigenvalue weighted by molar-refractivity contribution is 7.89. The van der Waals surface area contributed by atoms with Crippen molar-refractivity contribution in [2.75, 3.05) is 7.05 Å². The molecule has 104 valence electrons. The van der Waals surface area contributed by atoms with Gasteiger partial charge in [-0.3, -0.25) is 0 Å². The van der Waals surface area contributed by atoms with Crippen LogP contribution in [0.1, 0.15) is 32.6 Å². The van der Waals surface area contributed by atoms with Crippen LogP contribution in [0.25, 0.3) is 0 Å². The van der Waals surface area contributed by atoms with Crippen molar-refractivity contribution in [3.63, 3.8) is 0 Å². The van der Waals surface area contributed by atoms with Crippen LogP contribution in [0, 0.1) is 5.41 Å². The van der Waals surface area contributed by atoms with Crippen molar-refractivity contribution in [1.29, 1.82) is 0 Å². The summed E-state index contributed by atoms with van der Waals surface area (Å²) < 4.78 is 27.1. The molecule has 0 aliphatic heterocycles. The van der Waals surface area contributed by atoms with E-state index in [1.54, 1.807) is 11.4 Å². The summed E-state index contributed by atoms with van der Waals surface area (Å²) in [6.07, 6.45) is 0. The first-order valence-electron chi connectivity index (χ1n) is 5.91. The third kappa shape index (κ3) is 4.05. The largest absolute Gasteiger partial charge is 0.315 e. The van der Waals surface area contributed by atoms with Crippen LogP contribution < -0.4 is 10.0 Å². The number of sulfonamides is 1. The Balaban J connectivity index is 2.86. The zero-order valence-corrected chi connectivity index (χ0v) is 13.2. The predicted octanol–water partition coefficient (Wildman–Crippen LogP) is 2.18. The van der Waals surface area contributed by atoms with E-state index in [-0.39, 0.29) is 11.5 Å². The van der Waals surface area contributed by atoms with Crippen molar-refractivity contribution in [3.8, 4) is 0 Å². The third-order valence-corrected chi connectivity index (χ3v) is 5.53. The molecular formula is C12H22N2O2S2. The summed E-state index contributed by atoms with van der Waals surface area (Å²) in [7, 11) is -1.57. The molecule has 1 aromatic rings. The van der Waals surface area contributed by atoms with Gasteiger partial charge < -0.3 is 5.32 Å². The van der Waals surface area contributed by atoms with Crippen LogP contribution in [0.2, 0.25) is 0 Å². The molecule has 0 saturated carbocycles. The van der Waals surface area contributed by atoms with Gasteiger partial charge in [-0.25, -0.2) is 13.1 Å². The average molecular weight is 290 g/mol. The van der Waals surface area contributed by atoms with Crippen molar-refractivity contribution in [2.24, 2.45) is 5.41 Å². The lowest BCUT2D eigenvalue weighted by Gasteiger charge is -2.27. The molecule has 6 heteroatoms. The molecule has 1 rings (SSSR count). The third-order valence-electron chi connectivity index (χ3n) is 2.92. The second kappa shape index (κ2) is 5.69. The highest BCUT2D eigenvalue weighted by atomic mass is 32.2. The van der Waals surface area contributed by atoms with E-state index >= 15 is 0 Å². The SMILES string of the molecule is CNCc1cc(S(=O)(=O)NC(C)C(C)(C)C)cs1. The van der Waals surface area contributed by atoms with Crippen LogP contribution in [-0.2, 0) is 16.6 Å². The van der Waals surface area contributed by atoms with Crippen LogP contribution >= 0.6 is 11.3 Å². The van der Waals surface area contributed by atoms with Gasteiger partial charge in [0.2, 0.25) is 10.0 Å². The molecule has 2 N–H and O–H groups in total. The first-order chi connectivity index (χ1) is 8.16. The monoisotopic (exact) mass is 290 g/mol. The molecule has 1 atom stereocenters. The molecule has 1 heterocycles. The summed E-state index contributed by atoms with van der Waals surface area (Å²) in [6, 6.07) is 1.61. The lowest BCUT2D eigenvalue weighted by molar-refractivity contribution is 0.317. The van der Waals surface area contributed by atoms with Gasteiger partial charge in [-0.05, 0) is 25.5 Å². The maximum absolute atomic E-state index is 12.2. The number of thiophene rings is 1. The van der Waals surface area contributed by atoms with E-state index in [4.69, 9.17) is 0 Å². The number of hydrogen-bond acceptors (Lipinski definition) is 4. The van der Waals surface area contributed by atoms with Gasteiger partial charge in [0, 0.05) is 22.8 Å². The van der Waals surface area contributed by atoms with Gasteiger partial charge in [0.1, 0.15) is 0 Å². The molecule has 1 aromatic heterocycles. The Morgan fingerprint density at radius 3 is 2.50 bits per heavy atom. The number of hydrogen-bond donors (Lipinski definition) is 2. The minimum atomic E-state index is -3.41. The fourth-order valence-corrected chi connectivity index (χ4v) is 3.98. The van der Waals surface area contributed by atoms with Crippen molar-refractivity contribution >= 4 is 21.4 Å². The van der Waals surface area contributed by atoms with Gasteiger partial charge in [0.25, 0.3) is 0 Å². The van der Waals surface area contributed by atoms with Gasteiger partial charge in [0.15, 0.2) is 0 Å². The Morgan fingerprint density at radius 2 is 2.00 bits per heavy atom. The first-order valence-corrected chi connectivity index (χ1v) is 8.27. The minimum absolute atomic E-state index is 0.100. The summed E-state index contributed by atoms with van der Waals surface area (Å²) in [5, 5.41) is 4.69. The van der Waals surface area contributed by atoms with E-state index in [0.717, 1.165) is 4.88 Å². The van der Waals surface area contributed by atoms with E-state index in [1.807, 2.05) is 34.7 Å². The van der Waals surface area contributed by atoms with E-state index in [2.05, 4.69) is 10.0 Å². The predicted molar refractivity (Wildman–Crippen MR) is 76.3 cm³/mol. The minimum Gasteiger partial charge on any atom is -0.315 e. The molecule has 0 spiro atoms. The molecule has 0 aliphatic carbocycles. The van der Waals surface area contributed by atoms with Crippen molar-refractivity contribution in [3.05, 3.63) is 16.3 Å². The molecule has 0 aliphatic rings. The Kier molecular flexibility index (Phi) is 4.94. The Bertz CT molecular complexity index is 486. The van der Waals surface area contributed by atoms with Crippen molar-refractivity contribution < 1.29 is 8.42 Å². The summed E-state index contributed by atoms with van der Waals surface area (Å²) in [5.74, 6) is 0. The fourth-order valence-electron chi connectivity index (χ4n) is 1.25. The van der Waals surface area contributed by atoms with Crippen LogP contribution in [0.15, 0.2) is 16.3 Å². The molecule has 1 unspecified atom stereocenters. The molecule has 0 radical (unpaired) electrons. The zero-order valence-electron chi connectivity index (χ0n) is 11.6. The van der Waals surface area contributed by atoms with Gasteiger partial charge in [-0.15, -0.1) is 11.3 Å². The summed E-state index contributed by atoms with van der Waals surface area (Å²) in [4.78, 5) is 1.37. The topological polar surface area (TPSA) is 58.2 Å². The zero-order chi connectivity index (χ0) is 14.0. The highest BCUT2D eigenvalue weighted by Crippen LogP contribution is 2.23. The Hall–Kier alpha value is -0.430. The highest BCUT2D eigenvalue weighted by Gasteiger charge is 2.26. The van der Waals surface area contributed by atoms with E-state index < -0.39 is 10.0 Å². The van der Waals surface area contributed by atoms with Crippen LogP contribution in [0.3, 0.4) is 0 Å². The standard InChI is InChI=1S/C12H22N2O2S2/c1-9(12(2,3)4)14-18(15,16)11-6-10(7-13-5)17-8-11/h6,8-9,13-14H,7H2,1-5H3. The van der Waals surface area contributed by atoms with Crippen LogP contribution in [-0.4, -0.2) is 21.5 Å². The molecule has 18 heavy (non-hydrogen) atoms. The lowest BCUT2D eigenvalue weighted by Crippen LogP contribution is -2.41. The molecule has 0 bridgehead atoms. The maximum atomic E-state index is 12.2. The van der Waals surface area contributed by atoms with Gasteiger partial charge in [0.05, 0.1) is 4.90 Å². The number of rotatable bonds is 5. The van der Waals surface area contributed by atoms with E-state index in [0.29, 0.717) is 11.4 Å². The average Bonchev–Trinajstić information content (AvgIpc) is 2.65. The molecule has 0 aromatic carbocycles. The summed E-state index contributed by atoms with van der Waals surface area (Å²) >= 11 is 1.45. The summed E-state index contributed by atoms with van der Waals surface area (Å²) in [6.45, 7) is 8.62. The van der Waals surface area contributed by atoms with Gasteiger partial charge in [-0.1, -0.05) is 20.8 Å².